The van der Waals surface area contributed by atoms with Crippen LogP contribution in [-0.4, -0.2) is 17.3 Å². The van der Waals surface area contributed by atoms with Gasteiger partial charge >= 0.3 is 0 Å². The number of carbonyl (C=O) groups excluding carboxylic acids is 1. The van der Waals surface area contributed by atoms with Crippen molar-refractivity contribution in [3.05, 3.63) is 64.1 Å². The van der Waals surface area contributed by atoms with Crippen molar-refractivity contribution in [2.45, 2.75) is 6.61 Å². The molecule has 1 aliphatic rings. The number of carbonyl (C=O) groups is 1. The average molecular weight is 271 g/mol. The first-order valence-corrected chi connectivity index (χ1v) is 6.20. The lowest BCUT2D eigenvalue weighted by molar-refractivity contribution is 0.0929. The molecule has 0 radical (unpaired) electrons. The molecule has 3 rings (SSSR count). The zero-order valence-corrected chi connectivity index (χ0v) is 10.6. The summed E-state index contributed by atoms with van der Waals surface area (Å²) in [5.41, 5.74) is 3.73. The maximum atomic E-state index is 11.9. The van der Waals surface area contributed by atoms with E-state index >= 15 is 0 Å². The molecular weight excluding hydrogens is 258 g/mol. The van der Waals surface area contributed by atoms with Crippen LogP contribution in [0.15, 0.2) is 47.4 Å². The van der Waals surface area contributed by atoms with E-state index in [0.29, 0.717) is 6.67 Å². The molecule has 2 N–H and O–H groups in total. The predicted molar refractivity (Wildman–Crippen MR) is 73.2 cm³/mol. The van der Waals surface area contributed by atoms with E-state index in [4.69, 9.17) is 4.74 Å². The van der Waals surface area contributed by atoms with Crippen LogP contribution < -0.4 is 20.9 Å². The number of nitrogens with zero attached hydrogens (tertiary/aromatic N) is 1. The Labute approximate surface area is 115 Å². The Balaban J connectivity index is 1.93. The summed E-state index contributed by atoms with van der Waals surface area (Å²) in [6.07, 6.45) is 1.52. The van der Waals surface area contributed by atoms with Gasteiger partial charge in [-0.2, -0.15) is 0 Å². The Morgan fingerprint density at radius 1 is 1.15 bits per heavy atom. The van der Waals surface area contributed by atoms with E-state index in [-0.39, 0.29) is 29.4 Å². The van der Waals surface area contributed by atoms with Crippen LogP contribution in [0.5, 0.6) is 5.75 Å². The normalized spacial score (nSPS) is 13.1. The summed E-state index contributed by atoms with van der Waals surface area (Å²) in [6.45, 7) is 0.549. The van der Waals surface area contributed by atoms with Gasteiger partial charge in [-0.3, -0.25) is 14.3 Å². The average Bonchev–Trinajstić information content (AvgIpc) is 2.48. The standard InChI is InChI=1S/C14H13N3O3/c18-11-6-7-17-12(14(19)15-9-16-17)13(11)20-8-10-4-2-1-3-5-10/h1-7,16H,8-9H2,(H,15,19). The van der Waals surface area contributed by atoms with Crippen LogP contribution >= 0.6 is 0 Å². The summed E-state index contributed by atoms with van der Waals surface area (Å²) in [5, 5.41) is 2.61. The molecular formula is C14H13N3O3. The van der Waals surface area contributed by atoms with E-state index in [9.17, 15) is 9.59 Å². The van der Waals surface area contributed by atoms with Crippen molar-refractivity contribution in [2.75, 3.05) is 12.1 Å². The van der Waals surface area contributed by atoms with Gasteiger partial charge in [0.15, 0.2) is 11.4 Å². The number of aromatic nitrogens is 1. The molecule has 1 aromatic carbocycles. The molecule has 20 heavy (non-hydrogen) atoms. The first-order valence-electron chi connectivity index (χ1n) is 6.20. The van der Waals surface area contributed by atoms with Gasteiger partial charge in [0.1, 0.15) is 13.3 Å². The quantitative estimate of drug-likeness (QED) is 0.860. The van der Waals surface area contributed by atoms with Crippen molar-refractivity contribution >= 4 is 5.91 Å². The highest BCUT2D eigenvalue weighted by atomic mass is 16.5. The van der Waals surface area contributed by atoms with Gasteiger partial charge in [-0.05, 0) is 5.56 Å². The van der Waals surface area contributed by atoms with E-state index in [0.717, 1.165) is 5.56 Å². The Kier molecular flexibility index (Phi) is 3.12. The van der Waals surface area contributed by atoms with Crippen molar-refractivity contribution in [2.24, 2.45) is 0 Å². The first-order chi connectivity index (χ1) is 9.75. The van der Waals surface area contributed by atoms with Gasteiger partial charge in [0, 0.05) is 12.3 Å². The minimum absolute atomic E-state index is 0.0565. The molecule has 1 amide bonds. The van der Waals surface area contributed by atoms with Gasteiger partial charge in [0.2, 0.25) is 5.43 Å². The van der Waals surface area contributed by atoms with Crippen molar-refractivity contribution in [3.63, 3.8) is 0 Å². The van der Waals surface area contributed by atoms with Crippen molar-refractivity contribution in [3.8, 4) is 5.75 Å². The number of nitrogens with one attached hydrogen (secondary N) is 2. The third-order valence-corrected chi connectivity index (χ3v) is 2.99. The second-order valence-corrected chi connectivity index (χ2v) is 4.34. The molecule has 1 aromatic heterocycles. The van der Waals surface area contributed by atoms with E-state index < -0.39 is 0 Å². The van der Waals surface area contributed by atoms with Gasteiger partial charge in [-0.15, -0.1) is 0 Å². The van der Waals surface area contributed by atoms with Crippen LogP contribution in [-0.2, 0) is 6.61 Å². The Bertz CT molecular complexity index is 695. The minimum atomic E-state index is -0.329. The number of ether oxygens (including phenoxy) is 1. The Morgan fingerprint density at radius 2 is 1.95 bits per heavy atom. The third-order valence-electron chi connectivity index (χ3n) is 2.99. The van der Waals surface area contributed by atoms with Gasteiger partial charge in [0.25, 0.3) is 5.91 Å². The lowest BCUT2D eigenvalue weighted by Gasteiger charge is -2.22. The fourth-order valence-corrected chi connectivity index (χ4v) is 2.02. The topological polar surface area (TPSA) is 72.4 Å². The van der Waals surface area contributed by atoms with Crippen LogP contribution in [0.1, 0.15) is 16.1 Å². The molecule has 2 heterocycles. The molecule has 0 saturated carbocycles. The number of hydrogen-bond acceptors (Lipinski definition) is 4. The lowest BCUT2D eigenvalue weighted by Crippen LogP contribution is -2.43. The fourth-order valence-electron chi connectivity index (χ4n) is 2.02. The van der Waals surface area contributed by atoms with Gasteiger partial charge in [-0.1, -0.05) is 30.3 Å². The zero-order chi connectivity index (χ0) is 13.9. The van der Waals surface area contributed by atoms with Gasteiger partial charge < -0.3 is 15.5 Å². The molecule has 0 saturated heterocycles. The number of rotatable bonds is 3. The van der Waals surface area contributed by atoms with Crippen LogP contribution in [0, 0.1) is 0 Å². The molecule has 102 valence electrons. The largest absolute Gasteiger partial charge is 0.482 e. The lowest BCUT2D eigenvalue weighted by atomic mass is 10.2. The maximum Gasteiger partial charge on any atom is 0.275 e. The molecule has 1 aliphatic heterocycles. The minimum Gasteiger partial charge on any atom is -0.482 e. The molecule has 0 fully saturated rings. The fraction of sp³-hybridized carbons (Fsp3) is 0.143. The molecule has 6 nitrogen and oxygen atoms in total. The summed E-state index contributed by atoms with van der Waals surface area (Å²) < 4.78 is 7.06. The molecule has 2 aromatic rings. The van der Waals surface area contributed by atoms with Gasteiger partial charge in [0.05, 0.1) is 0 Å². The number of fused-ring (bicyclic) bond motifs is 1. The van der Waals surface area contributed by atoms with Crippen molar-refractivity contribution in [1.82, 2.24) is 9.99 Å². The molecule has 0 atom stereocenters. The van der Waals surface area contributed by atoms with Crippen LogP contribution in [0.2, 0.25) is 0 Å². The van der Waals surface area contributed by atoms with Crippen molar-refractivity contribution < 1.29 is 9.53 Å². The summed E-state index contributed by atoms with van der Waals surface area (Å²) >= 11 is 0. The first kappa shape index (κ1) is 12.3. The molecule has 0 unspecified atom stereocenters. The predicted octanol–water partition coefficient (Wildman–Crippen LogP) is 0.672. The van der Waals surface area contributed by atoms with E-state index in [1.54, 1.807) is 0 Å². The summed E-state index contributed by atoms with van der Waals surface area (Å²) in [5.74, 6) is -0.273. The second-order valence-electron chi connectivity index (χ2n) is 4.34. The molecule has 0 bridgehead atoms. The van der Waals surface area contributed by atoms with Crippen molar-refractivity contribution in [1.29, 1.82) is 0 Å². The number of benzene rings is 1. The number of pyridine rings is 1. The summed E-state index contributed by atoms with van der Waals surface area (Å²) in [6, 6.07) is 10.8. The zero-order valence-electron chi connectivity index (χ0n) is 10.6. The van der Waals surface area contributed by atoms with E-state index in [2.05, 4.69) is 10.7 Å². The van der Waals surface area contributed by atoms with E-state index in [1.807, 2.05) is 30.3 Å². The smallest absolute Gasteiger partial charge is 0.275 e. The molecule has 0 spiro atoms. The Hall–Kier alpha value is -2.76. The SMILES string of the molecule is O=C1NCNn2ccc(=O)c(OCc3ccccc3)c21. The van der Waals surface area contributed by atoms with Gasteiger partial charge in [-0.25, -0.2) is 0 Å². The van der Waals surface area contributed by atoms with Crippen LogP contribution in [0.25, 0.3) is 0 Å². The highest BCUT2D eigenvalue weighted by Crippen LogP contribution is 2.15. The molecule has 6 heteroatoms. The highest BCUT2D eigenvalue weighted by Gasteiger charge is 2.22. The summed E-state index contributed by atoms with van der Waals surface area (Å²) in [7, 11) is 0. The number of hydrogen-bond donors (Lipinski definition) is 2. The van der Waals surface area contributed by atoms with E-state index in [1.165, 1.54) is 16.9 Å². The number of amides is 1. The monoisotopic (exact) mass is 271 g/mol. The maximum absolute atomic E-state index is 11.9. The van der Waals surface area contributed by atoms with Crippen LogP contribution in [0.3, 0.4) is 0 Å². The second kappa shape index (κ2) is 5.08. The molecule has 0 aliphatic carbocycles. The summed E-state index contributed by atoms with van der Waals surface area (Å²) in [4.78, 5) is 23.8. The highest BCUT2D eigenvalue weighted by molar-refractivity contribution is 5.96. The Morgan fingerprint density at radius 3 is 2.75 bits per heavy atom. The van der Waals surface area contributed by atoms with Crippen LogP contribution in [0.4, 0.5) is 0 Å². The third kappa shape index (κ3) is 2.23.